The molecule has 12 heavy (non-hydrogen) atoms. The lowest BCUT2D eigenvalue weighted by Gasteiger charge is -2.04. The summed E-state index contributed by atoms with van der Waals surface area (Å²) in [6.07, 6.45) is 8.30. The van der Waals surface area contributed by atoms with Crippen LogP contribution < -0.4 is 0 Å². The first kappa shape index (κ1) is 11.2. The number of rotatable bonds is 5. The second-order valence-corrected chi connectivity index (χ2v) is 3.13. The first-order chi connectivity index (χ1) is 5.68. The topological polar surface area (TPSA) is 20.3 Å². The molecule has 0 atom stereocenters. The number of carbonyl (C=O) groups is 1. The van der Waals surface area contributed by atoms with Crippen LogP contribution in [0.1, 0.15) is 32.6 Å². The van der Waals surface area contributed by atoms with E-state index in [1.165, 1.54) is 19.3 Å². The van der Waals surface area contributed by atoms with Crippen LogP contribution in [0.5, 0.6) is 0 Å². The molecule has 0 fully saturated rings. The Morgan fingerprint density at radius 3 is 2.50 bits per heavy atom. The van der Waals surface area contributed by atoms with E-state index in [0.717, 1.165) is 6.42 Å². The van der Waals surface area contributed by atoms with E-state index in [-0.39, 0.29) is 5.91 Å². The fraction of sp³-hybridized carbons (Fsp3) is 0.700. The quantitative estimate of drug-likeness (QED) is 0.456. The normalized spacial score (nSPS) is 10.6. The van der Waals surface area contributed by atoms with Gasteiger partial charge >= 0.3 is 0 Å². The summed E-state index contributed by atoms with van der Waals surface area (Å²) in [6, 6.07) is 0. The molecule has 0 spiro atoms. The Hall–Kier alpha value is -0.790. The van der Waals surface area contributed by atoms with Gasteiger partial charge in [0.1, 0.15) is 0 Å². The van der Waals surface area contributed by atoms with Gasteiger partial charge in [-0.25, -0.2) is 0 Å². The van der Waals surface area contributed by atoms with Gasteiger partial charge in [0.25, 0.3) is 0 Å². The Morgan fingerprint density at radius 1 is 1.33 bits per heavy atom. The van der Waals surface area contributed by atoms with Crippen molar-refractivity contribution in [3.63, 3.8) is 0 Å². The lowest BCUT2D eigenvalue weighted by atomic mass is 10.2. The highest BCUT2D eigenvalue weighted by Crippen LogP contribution is 1.99. The maximum atomic E-state index is 11.0. The minimum absolute atomic E-state index is 0.0755. The summed E-state index contributed by atoms with van der Waals surface area (Å²) in [6.45, 7) is 2.18. The Kier molecular flexibility index (Phi) is 6.44. The van der Waals surface area contributed by atoms with Gasteiger partial charge in [0.15, 0.2) is 0 Å². The lowest BCUT2D eigenvalue weighted by Crippen LogP contribution is -2.18. The maximum absolute atomic E-state index is 11.0. The van der Waals surface area contributed by atoms with Crippen LogP contribution in [0.4, 0.5) is 0 Å². The molecule has 0 saturated carbocycles. The predicted molar refractivity (Wildman–Crippen MR) is 52.0 cm³/mol. The van der Waals surface area contributed by atoms with E-state index in [2.05, 4.69) is 6.92 Å². The van der Waals surface area contributed by atoms with Gasteiger partial charge in [0.2, 0.25) is 5.91 Å². The number of hydrogen-bond donors (Lipinski definition) is 0. The minimum Gasteiger partial charge on any atom is -0.345 e. The van der Waals surface area contributed by atoms with Crippen molar-refractivity contribution in [2.45, 2.75) is 32.6 Å². The van der Waals surface area contributed by atoms with Crippen LogP contribution in [-0.2, 0) is 4.79 Å². The molecule has 2 heteroatoms. The number of likely N-dealkylation sites (N-methyl/N-ethyl adjacent to an activating group) is 1. The van der Waals surface area contributed by atoms with Crippen LogP contribution >= 0.6 is 0 Å². The fourth-order valence-electron chi connectivity index (χ4n) is 0.845. The van der Waals surface area contributed by atoms with Gasteiger partial charge < -0.3 is 4.90 Å². The number of carbonyl (C=O) groups excluding carboxylic acids is 1. The molecule has 0 aliphatic carbocycles. The summed E-state index contributed by atoms with van der Waals surface area (Å²) in [7, 11) is 3.53. The number of nitrogens with zero attached hydrogens (tertiary/aromatic N) is 1. The number of unbranched alkanes of at least 4 members (excludes halogenated alkanes) is 3. The molecule has 0 aliphatic heterocycles. The number of hydrogen-bond acceptors (Lipinski definition) is 1. The van der Waals surface area contributed by atoms with E-state index in [1.807, 2.05) is 6.08 Å². The molecule has 0 N–H and O–H groups in total. The molecule has 0 aromatic heterocycles. The third-order valence-electron chi connectivity index (χ3n) is 1.68. The molecule has 0 unspecified atom stereocenters. The smallest absolute Gasteiger partial charge is 0.245 e. The molecule has 0 aromatic carbocycles. The highest BCUT2D eigenvalue weighted by Gasteiger charge is 1.94. The minimum atomic E-state index is 0.0755. The predicted octanol–water partition coefficient (Wildman–Crippen LogP) is 2.21. The van der Waals surface area contributed by atoms with Crippen LogP contribution in [0.25, 0.3) is 0 Å². The summed E-state index contributed by atoms with van der Waals surface area (Å²) >= 11 is 0. The highest BCUT2D eigenvalue weighted by atomic mass is 16.2. The van der Waals surface area contributed by atoms with E-state index in [4.69, 9.17) is 0 Å². The lowest BCUT2D eigenvalue weighted by molar-refractivity contribution is -0.123. The third-order valence-corrected chi connectivity index (χ3v) is 1.68. The standard InChI is InChI=1S/C10H19NO/c1-4-5-6-7-8-9-10(12)11(2)3/h8-9H,4-7H2,1-3H3/b9-8-. The van der Waals surface area contributed by atoms with Crippen molar-refractivity contribution in [2.75, 3.05) is 14.1 Å². The molecule has 1 amide bonds. The van der Waals surface area contributed by atoms with Crippen molar-refractivity contribution >= 4 is 5.91 Å². The number of amides is 1. The SMILES string of the molecule is CCCCC/C=C\C(=O)N(C)C. The average Bonchev–Trinajstić information content (AvgIpc) is 2.03. The summed E-state index contributed by atoms with van der Waals surface area (Å²) in [5.74, 6) is 0.0755. The molecule has 70 valence electrons. The molecule has 0 aliphatic rings. The highest BCUT2D eigenvalue weighted by molar-refractivity contribution is 5.86. The van der Waals surface area contributed by atoms with Gasteiger partial charge in [0.05, 0.1) is 0 Å². The zero-order valence-electron chi connectivity index (χ0n) is 8.34. The summed E-state index contributed by atoms with van der Waals surface area (Å²) in [4.78, 5) is 12.6. The molecule has 0 saturated heterocycles. The third kappa shape index (κ3) is 5.96. The van der Waals surface area contributed by atoms with E-state index in [1.54, 1.807) is 25.1 Å². The molecule has 2 nitrogen and oxygen atoms in total. The fourth-order valence-corrected chi connectivity index (χ4v) is 0.845. The zero-order valence-corrected chi connectivity index (χ0v) is 8.34. The molecular weight excluding hydrogens is 150 g/mol. The first-order valence-corrected chi connectivity index (χ1v) is 4.56. The van der Waals surface area contributed by atoms with Gasteiger partial charge in [-0.3, -0.25) is 4.79 Å². The van der Waals surface area contributed by atoms with Crippen molar-refractivity contribution < 1.29 is 4.79 Å². The van der Waals surface area contributed by atoms with Crippen LogP contribution in [-0.4, -0.2) is 24.9 Å². The van der Waals surface area contributed by atoms with Gasteiger partial charge in [0, 0.05) is 14.1 Å². The molecule has 0 aromatic rings. The van der Waals surface area contributed by atoms with Crippen LogP contribution in [0.2, 0.25) is 0 Å². The second-order valence-electron chi connectivity index (χ2n) is 3.13. The largest absolute Gasteiger partial charge is 0.345 e. The van der Waals surface area contributed by atoms with E-state index >= 15 is 0 Å². The Bertz CT molecular complexity index is 150. The summed E-state index contributed by atoms with van der Waals surface area (Å²) in [5.41, 5.74) is 0. The van der Waals surface area contributed by atoms with Crippen LogP contribution in [0.3, 0.4) is 0 Å². The van der Waals surface area contributed by atoms with Crippen LogP contribution in [0.15, 0.2) is 12.2 Å². The zero-order chi connectivity index (χ0) is 9.40. The van der Waals surface area contributed by atoms with E-state index in [9.17, 15) is 4.79 Å². The molecule has 0 heterocycles. The molecule has 0 radical (unpaired) electrons. The molecular formula is C10H19NO. The maximum Gasteiger partial charge on any atom is 0.245 e. The van der Waals surface area contributed by atoms with Gasteiger partial charge in [-0.05, 0) is 18.9 Å². The van der Waals surface area contributed by atoms with E-state index in [0.29, 0.717) is 0 Å². The van der Waals surface area contributed by atoms with Crippen molar-refractivity contribution in [3.05, 3.63) is 12.2 Å². The van der Waals surface area contributed by atoms with Crippen molar-refractivity contribution in [2.24, 2.45) is 0 Å². The van der Waals surface area contributed by atoms with Crippen molar-refractivity contribution in [1.82, 2.24) is 4.90 Å². The van der Waals surface area contributed by atoms with Crippen molar-refractivity contribution in [3.8, 4) is 0 Å². The Labute approximate surface area is 75.3 Å². The molecule has 0 bridgehead atoms. The number of allylic oxidation sites excluding steroid dienone is 1. The van der Waals surface area contributed by atoms with Crippen LogP contribution in [0, 0.1) is 0 Å². The van der Waals surface area contributed by atoms with Gasteiger partial charge in [-0.1, -0.05) is 25.8 Å². The Balaban J connectivity index is 3.42. The summed E-state index contributed by atoms with van der Waals surface area (Å²) in [5, 5.41) is 0. The Morgan fingerprint density at radius 2 is 2.00 bits per heavy atom. The monoisotopic (exact) mass is 169 g/mol. The summed E-state index contributed by atoms with van der Waals surface area (Å²) < 4.78 is 0. The van der Waals surface area contributed by atoms with Crippen molar-refractivity contribution in [1.29, 1.82) is 0 Å². The first-order valence-electron chi connectivity index (χ1n) is 4.56. The second kappa shape index (κ2) is 6.89. The molecule has 0 rings (SSSR count). The van der Waals surface area contributed by atoms with E-state index < -0.39 is 0 Å². The average molecular weight is 169 g/mol. The van der Waals surface area contributed by atoms with Gasteiger partial charge in [-0.15, -0.1) is 0 Å². The van der Waals surface area contributed by atoms with Gasteiger partial charge in [-0.2, -0.15) is 0 Å².